The van der Waals surface area contributed by atoms with Gasteiger partial charge in [0.05, 0.1) is 0 Å². The Labute approximate surface area is 163 Å². The Morgan fingerprint density at radius 2 is 2.04 bits per heavy atom. The SMILES string of the molecule is Cc1ccccc1C(C)CC(=O)N1CCCCC1CNC(=O)CCN.Cl. The molecule has 0 bridgehead atoms. The highest BCUT2D eigenvalue weighted by Crippen LogP contribution is 2.25. The van der Waals surface area contributed by atoms with E-state index in [4.69, 9.17) is 5.73 Å². The van der Waals surface area contributed by atoms with Crippen LogP contribution in [0.2, 0.25) is 0 Å². The zero-order chi connectivity index (χ0) is 18.2. The van der Waals surface area contributed by atoms with Crippen LogP contribution in [-0.2, 0) is 9.59 Å². The summed E-state index contributed by atoms with van der Waals surface area (Å²) < 4.78 is 0. The van der Waals surface area contributed by atoms with Crippen molar-refractivity contribution >= 4 is 24.2 Å². The highest BCUT2D eigenvalue weighted by Gasteiger charge is 2.28. The summed E-state index contributed by atoms with van der Waals surface area (Å²) in [6, 6.07) is 8.35. The van der Waals surface area contributed by atoms with Gasteiger partial charge in [-0.15, -0.1) is 12.4 Å². The maximum absolute atomic E-state index is 12.9. The first-order valence-electron chi connectivity index (χ1n) is 9.34. The van der Waals surface area contributed by atoms with Gasteiger partial charge in [-0.3, -0.25) is 9.59 Å². The van der Waals surface area contributed by atoms with Crippen molar-refractivity contribution < 1.29 is 9.59 Å². The second-order valence-corrected chi connectivity index (χ2v) is 7.04. The summed E-state index contributed by atoms with van der Waals surface area (Å²) in [6.07, 6.45) is 3.95. The van der Waals surface area contributed by atoms with E-state index in [-0.39, 0.29) is 36.2 Å². The van der Waals surface area contributed by atoms with E-state index in [1.807, 2.05) is 17.0 Å². The molecule has 2 atom stereocenters. The highest BCUT2D eigenvalue weighted by atomic mass is 35.5. The Balaban J connectivity index is 0.00000338. The number of carbonyl (C=O) groups excluding carboxylic acids is 2. The average Bonchev–Trinajstić information content (AvgIpc) is 2.60. The van der Waals surface area contributed by atoms with Crippen LogP contribution in [0, 0.1) is 6.92 Å². The minimum Gasteiger partial charge on any atom is -0.354 e. The zero-order valence-corrected chi connectivity index (χ0v) is 16.7. The maximum Gasteiger partial charge on any atom is 0.223 e. The molecule has 2 unspecified atom stereocenters. The molecule has 0 spiro atoms. The van der Waals surface area contributed by atoms with Crippen molar-refractivity contribution in [1.82, 2.24) is 10.2 Å². The molecule has 0 radical (unpaired) electrons. The number of halogens is 1. The smallest absolute Gasteiger partial charge is 0.223 e. The van der Waals surface area contributed by atoms with Gasteiger partial charge in [-0.1, -0.05) is 31.2 Å². The van der Waals surface area contributed by atoms with E-state index in [0.29, 0.717) is 25.9 Å². The molecule has 2 rings (SSSR count). The van der Waals surface area contributed by atoms with Crippen molar-refractivity contribution in [1.29, 1.82) is 0 Å². The topological polar surface area (TPSA) is 75.4 Å². The van der Waals surface area contributed by atoms with Crippen LogP contribution in [0.5, 0.6) is 0 Å². The average molecular weight is 382 g/mol. The number of nitrogens with one attached hydrogen (secondary N) is 1. The van der Waals surface area contributed by atoms with Crippen LogP contribution in [0.4, 0.5) is 0 Å². The van der Waals surface area contributed by atoms with Crippen molar-refractivity contribution in [3.63, 3.8) is 0 Å². The fourth-order valence-electron chi connectivity index (χ4n) is 3.62. The molecule has 26 heavy (non-hydrogen) atoms. The predicted octanol–water partition coefficient (Wildman–Crippen LogP) is 2.76. The minimum atomic E-state index is -0.0336. The first kappa shape index (κ1) is 22.5. The van der Waals surface area contributed by atoms with Crippen molar-refractivity contribution in [3.05, 3.63) is 35.4 Å². The van der Waals surface area contributed by atoms with E-state index >= 15 is 0 Å². The van der Waals surface area contributed by atoms with Gasteiger partial charge < -0.3 is 16.0 Å². The molecular weight excluding hydrogens is 350 g/mol. The number of hydrogen-bond donors (Lipinski definition) is 2. The lowest BCUT2D eigenvalue weighted by molar-refractivity contribution is -0.135. The number of benzene rings is 1. The van der Waals surface area contributed by atoms with Gasteiger partial charge in [0, 0.05) is 38.5 Å². The van der Waals surface area contributed by atoms with Gasteiger partial charge in [0.25, 0.3) is 0 Å². The number of hydrogen-bond acceptors (Lipinski definition) is 3. The molecule has 0 aromatic heterocycles. The lowest BCUT2D eigenvalue weighted by atomic mass is 9.92. The van der Waals surface area contributed by atoms with Crippen molar-refractivity contribution in [2.45, 2.75) is 57.9 Å². The number of nitrogens with two attached hydrogens (primary N) is 1. The molecule has 6 heteroatoms. The van der Waals surface area contributed by atoms with Gasteiger partial charge in [-0.05, 0) is 43.2 Å². The number of nitrogens with zero attached hydrogens (tertiary/aromatic N) is 1. The molecule has 3 N–H and O–H groups in total. The first-order chi connectivity index (χ1) is 12.0. The second kappa shape index (κ2) is 11.2. The van der Waals surface area contributed by atoms with E-state index < -0.39 is 0 Å². The quantitative estimate of drug-likeness (QED) is 0.762. The van der Waals surface area contributed by atoms with Crippen LogP contribution in [0.1, 0.15) is 56.1 Å². The van der Waals surface area contributed by atoms with E-state index in [1.165, 1.54) is 11.1 Å². The monoisotopic (exact) mass is 381 g/mol. The number of likely N-dealkylation sites (tertiary alicyclic amines) is 1. The summed E-state index contributed by atoms with van der Waals surface area (Å²) in [4.78, 5) is 26.5. The molecule has 1 aromatic carbocycles. The third-order valence-corrected chi connectivity index (χ3v) is 5.05. The van der Waals surface area contributed by atoms with Gasteiger partial charge >= 0.3 is 0 Å². The Morgan fingerprint density at radius 3 is 2.73 bits per heavy atom. The highest BCUT2D eigenvalue weighted by molar-refractivity contribution is 5.85. The molecular formula is C20H32ClN3O2. The van der Waals surface area contributed by atoms with Crippen LogP contribution in [0.3, 0.4) is 0 Å². The molecule has 146 valence electrons. The van der Waals surface area contributed by atoms with Gasteiger partial charge in [0.15, 0.2) is 0 Å². The predicted molar refractivity (Wildman–Crippen MR) is 107 cm³/mol. The summed E-state index contributed by atoms with van der Waals surface area (Å²) in [5.41, 5.74) is 7.88. The van der Waals surface area contributed by atoms with E-state index in [1.54, 1.807) is 0 Å². The number of piperidine rings is 1. The number of rotatable bonds is 7. The molecule has 1 heterocycles. The molecule has 1 fully saturated rings. The first-order valence-corrected chi connectivity index (χ1v) is 9.34. The molecule has 1 aliphatic heterocycles. The lowest BCUT2D eigenvalue weighted by Crippen LogP contribution is -2.49. The Hall–Kier alpha value is -1.59. The summed E-state index contributed by atoms with van der Waals surface area (Å²) >= 11 is 0. The zero-order valence-electron chi connectivity index (χ0n) is 15.9. The Kier molecular flexibility index (Phi) is 9.66. The standard InChI is InChI=1S/C20H31N3O2.ClH/c1-15-7-3-4-9-18(15)16(2)13-20(25)23-12-6-5-8-17(23)14-22-19(24)10-11-21;/h3-4,7,9,16-17H,5-6,8,10-14,21H2,1-2H3,(H,22,24);1H. The van der Waals surface area contributed by atoms with Crippen molar-refractivity contribution in [3.8, 4) is 0 Å². The molecule has 0 saturated carbocycles. The molecule has 1 aliphatic rings. The summed E-state index contributed by atoms with van der Waals surface area (Å²) in [5.74, 6) is 0.352. The molecule has 5 nitrogen and oxygen atoms in total. The van der Waals surface area contributed by atoms with E-state index in [2.05, 4.69) is 31.3 Å². The van der Waals surface area contributed by atoms with Gasteiger partial charge in [-0.2, -0.15) is 0 Å². The number of aryl methyl sites for hydroxylation is 1. The molecule has 0 aliphatic carbocycles. The third-order valence-electron chi connectivity index (χ3n) is 5.05. The van der Waals surface area contributed by atoms with Crippen LogP contribution in [0.15, 0.2) is 24.3 Å². The maximum atomic E-state index is 12.9. The largest absolute Gasteiger partial charge is 0.354 e. The Bertz CT molecular complexity index is 594. The van der Waals surface area contributed by atoms with Crippen LogP contribution in [-0.4, -0.2) is 42.4 Å². The van der Waals surface area contributed by atoms with E-state index in [9.17, 15) is 9.59 Å². The molecule has 1 aromatic rings. The van der Waals surface area contributed by atoms with Gasteiger partial charge in [0.2, 0.25) is 11.8 Å². The summed E-state index contributed by atoms with van der Waals surface area (Å²) in [5, 5.41) is 2.92. The molecule has 2 amide bonds. The van der Waals surface area contributed by atoms with Crippen LogP contribution in [0.25, 0.3) is 0 Å². The normalized spacial score (nSPS) is 18.0. The Morgan fingerprint density at radius 1 is 1.31 bits per heavy atom. The van der Waals surface area contributed by atoms with E-state index in [0.717, 1.165) is 25.8 Å². The third kappa shape index (κ3) is 6.29. The number of amides is 2. The number of carbonyl (C=O) groups is 2. The fraction of sp³-hybridized carbons (Fsp3) is 0.600. The summed E-state index contributed by atoms with van der Waals surface area (Å²) in [6.45, 7) is 5.88. The van der Waals surface area contributed by atoms with Gasteiger partial charge in [-0.25, -0.2) is 0 Å². The summed E-state index contributed by atoms with van der Waals surface area (Å²) in [7, 11) is 0. The molecule has 1 saturated heterocycles. The second-order valence-electron chi connectivity index (χ2n) is 7.04. The lowest BCUT2D eigenvalue weighted by Gasteiger charge is -2.36. The fourth-order valence-corrected chi connectivity index (χ4v) is 3.62. The minimum absolute atomic E-state index is 0. The van der Waals surface area contributed by atoms with Gasteiger partial charge in [0.1, 0.15) is 0 Å². The van der Waals surface area contributed by atoms with Crippen molar-refractivity contribution in [2.24, 2.45) is 5.73 Å². The van der Waals surface area contributed by atoms with Crippen molar-refractivity contribution in [2.75, 3.05) is 19.6 Å². The van der Waals surface area contributed by atoms with Crippen LogP contribution < -0.4 is 11.1 Å². The van der Waals surface area contributed by atoms with Crippen LogP contribution >= 0.6 is 12.4 Å².